The van der Waals surface area contributed by atoms with Crippen LogP contribution >= 0.6 is 0 Å². The molecule has 1 aliphatic heterocycles. The zero-order chi connectivity index (χ0) is 13.8. The number of ether oxygens (including phenoxy) is 3. The summed E-state index contributed by atoms with van der Waals surface area (Å²) in [6, 6.07) is 3.70. The number of carbonyl (C=O) groups is 1. The Labute approximate surface area is 110 Å². The van der Waals surface area contributed by atoms with Crippen molar-refractivity contribution < 1.29 is 24.1 Å². The van der Waals surface area contributed by atoms with Gasteiger partial charge in [-0.3, -0.25) is 4.79 Å². The summed E-state index contributed by atoms with van der Waals surface area (Å²) >= 11 is 0. The Balaban J connectivity index is 2.08. The second kappa shape index (κ2) is 5.73. The van der Waals surface area contributed by atoms with E-state index in [4.69, 9.17) is 19.9 Å². The Kier molecular flexibility index (Phi) is 4.03. The van der Waals surface area contributed by atoms with Crippen LogP contribution in [-0.4, -0.2) is 30.5 Å². The van der Waals surface area contributed by atoms with Gasteiger partial charge in [0.05, 0.1) is 0 Å². The first-order chi connectivity index (χ1) is 9.13. The Hall–Kier alpha value is -2.05. The third-order valence-electron chi connectivity index (χ3n) is 2.69. The number of hydrogen-bond acceptors (Lipinski definition) is 6. The number of nitrogens with two attached hydrogens (primary N) is 1. The number of carbonyl (C=O) groups excluding carboxylic acids is 1. The number of aliphatic hydroxyl groups excluding tert-OH is 1. The molecule has 1 aromatic carbocycles. The second-order valence-electron chi connectivity index (χ2n) is 4.00. The normalized spacial score (nSPS) is 15.7. The molecule has 102 valence electrons. The van der Waals surface area contributed by atoms with Crippen molar-refractivity contribution in [2.24, 2.45) is 5.73 Å². The maximum Gasteiger partial charge on any atom is 0.326 e. The minimum absolute atomic E-state index is 0.0559. The Bertz CT molecular complexity index is 488. The number of aliphatic hydroxyl groups is 1. The van der Waals surface area contributed by atoms with Crippen LogP contribution in [0.2, 0.25) is 0 Å². The van der Waals surface area contributed by atoms with Gasteiger partial charge in [0.25, 0.3) is 0 Å². The second-order valence-corrected chi connectivity index (χ2v) is 4.00. The molecule has 0 saturated carbocycles. The number of hydrogen-bond donors (Lipinski definition) is 2. The molecule has 0 saturated heterocycles. The first-order valence-corrected chi connectivity index (χ1v) is 5.74. The van der Waals surface area contributed by atoms with Crippen LogP contribution in [0.15, 0.2) is 30.9 Å². The largest absolute Gasteiger partial charge is 0.460 e. The van der Waals surface area contributed by atoms with Gasteiger partial charge in [-0.2, -0.15) is 0 Å². The van der Waals surface area contributed by atoms with Crippen LogP contribution in [0.4, 0.5) is 0 Å². The molecule has 1 aliphatic rings. The van der Waals surface area contributed by atoms with Gasteiger partial charge < -0.3 is 25.1 Å². The molecule has 0 fully saturated rings. The minimum atomic E-state index is -1.17. The van der Waals surface area contributed by atoms with Gasteiger partial charge in [-0.25, -0.2) is 0 Å². The smallest absolute Gasteiger partial charge is 0.326 e. The Morgan fingerprint density at radius 1 is 1.53 bits per heavy atom. The van der Waals surface area contributed by atoms with Crippen molar-refractivity contribution in [2.45, 2.75) is 12.1 Å². The van der Waals surface area contributed by atoms with E-state index in [1.807, 2.05) is 0 Å². The summed E-state index contributed by atoms with van der Waals surface area (Å²) in [5.41, 5.74) is 6.11. The standard InChI is InChI=1S/C13H15NO5/c1-2-5-17-13(16)11(14)12(15)8-3-4-9-10(6-8)19-7-18-9/h2-4,6,11-12,15H,1,5,7,14H2/t11-,12?/m0/s1. The quantitative estimate of drug-likeness (QED) is 0.595. The van der Waals surface area contributed by atoms with Crippen molar-refractivity contribution in [3.05, 3.63) is 36.4 Å². The molecule has 0 spiro atoms. The molecule has 1 unspecified atom stereocenters. The first kappa shape index (κ1) is 13.4. The lowest BCUT2D eigenvalue weighted by Gasteiger charge is -2.17. The molecule has 0 amide bonds. The van der Waals surface area contributed by atoms with Crippen molar-refractivity contribution in [1.82, 2.24) is 0 Å². The van der Waals surface area contributed by atoms with Crippen molar-refractivity contribution >= 4 is 5.97 Å². The molecule has 0 radical (unpaired) electrons. The van der Waals surface area contributed by atoms with E-state index in [2.05, 4.69) is 6.58 Å². The monoisotopic (exact) mass is 265 g/mol. The highest BCUT2D eigenvalue weighted by Gasteiger charge is 2.27. The van der Waals surface area contributed by atoms with E-state index in [9.17, 15) is 9.90 Å². The topological polar surface area (TPSA) is 91.0 Å². The highest BCUT2D eigenvalue weighted by atomic mass is 16.7. The van der Waals surface area contributed by atoms with Crippen LogP contribution in [0.25, 0.3) is 0 Å². The summed E-state index contributed by atoms with van der Waals surface area (Å²) in [4.78, 5) is 11.5. The van der Waals surface area contributed by atoms with Crippen LogP contribution in [0, 0.1) is 0 Å². The summed E-state index contributed by atoms with van der Waals surface area (Å²) in [5.74, 6) is 0.423. The summed E-state index contributed by atoms with van der Waals surface area (Å²) in [6.07, 6.45) is 0.254. The highest BCUT2D eigenvalue weighted by molar-refractivity contribution is 5.76. The lowest BCUT2D eigenvalue weighted by atomic mass is 10.0. The van der Waals surface area contributed by atoms with Gasteiger partial charge in [0.1, 0.15) is 18.8 Å². The van der Waals surface area contributed by atoms with Gasteiger partial charge in [0, 0.05) is 0 Å². The zero-order valence-corrected chi connectivity index (χ0v) is 10.2. The van der Waals surface area contributed by atoms with Crippen molar-refractivity contribution in [3.8, 4) is 11.5 Å². The van der Waals surface area contributed by atoms with E-state index in [-0.39, 0.29) is 13.4 Å². The van der Waals surface area contributed by atoms with E-state index < -0.39 is 18.1 Å². The third-order valence-corrected chi connectivity index (χ3v) is 2.69. The fourth-order valence-corrected chi connectivity index (χ4v) is 1.67. The highest BCUT2D eigenvalue weighted by Crippen LogP contribution is 2.34. The Morgan fingerprint density at radius 2 is 2.26 bits per heavy atom. The average molecular weight is 265 g/mol. The summed E-state index contributed by atoms with van der Waals surface area (Å²) in [6.45, 7) is 3.62. The number of esters is 1. The SMILES string of the molecule is C=CCOC(=O)[C@@H](N)C(O)c1ccc2c(c1)OCO2. The molecule has 0 aromatic heterocycles. The molecule has 2 rings (SSSR count). The molecule has 2 atom stereocenters. The van der Waals surface area contributed by atoms with Crippen molar-refractivity contribution in [2.75, 3.05) is 13.4 Å². The molecule has 19 heavy (non-hydrogen) atoms. The molecule has 1 heterocycles. The fraction of sp³-hybridized carbons (Fsp3) is 0.308. The van der Waals surface area contributed by atoms with Crippen LogP contribution in [0.3, 0.4) is 0 Å². The molecule has 1 aromatic rings. The first-order valence-electron chi connectivity index (χ1n) is 5.74. The number of fused-ring (bicyclic) bond motifs is 1. The lowest BCUT2D eigenvalue weighted by Crippen LogP contribution is -2.38. The van der Waals surface area contributed by atoms with E-state index >= 15 is 0 Å². The number of benzene rings is 1. The summed E-state index contributed by atoms with van der Waals surface area (Å²) in [7, 11) is 0. The van der Waals surface area contributed by atoms with Crippen LogP contribution in [-0.2, 0) is 9.53 Å². The van der Waals surface area contributed by atoms with E-state index in [0.717, 1.165) is 0 Å². The number of rotatable bonds is 5. The van der Waals surface area contributed by atoms with Crippen LogP contribution in [0.5, 0.6) is 11.5 Å². The summed E-state index contributed by atoms with van der Waals surface area (Å²) < 4.78 is 15.1. The van der Waals surface area contributed by atoms with E-state index in [1.54, 1.807) is 18.2 Å². The van der Waals surface area contributed by atoms with Gasteiger partial charge in [0.15, 0.2) is 11.5 Å². The van der Waals surface area contributed by atoms with Gasteiger partial charge in [0.2, 0.25) is 6.79 Å². The molecule has 3 N–H and O–H groups in total. The molecule has 0 aliphatic carbocycles. The molecule has 0 bridgehead atoms. The van der Waals surface area contributed by atoms with Gasteiger partial charge in [-0.05, 0) is 17.7 Å². The van der Waals surface area contributed by atoms with Crippen molar-refractivity contribution in [1.29, 1.82) is 0 Å². The lowest BCUT2D eigenvalue weighted by molar-refractivity contribution is -0.146. The molecular formula is C13H15NO5. The minimum Gasteiger partial charge on any atom is -0.460 e. The fourth-order valence-electron chi connectivity index (χ4n) is 1.67. The van der Waals surface area contributed by atoms with Gasteiger partial charge in [-0.1, -0.05) is 18.7 Å². The van der Waals surface area contributed by atoms with E-state index in [1.165, 1.54) is 6.08 Å². The van der Waals surface area contributed by atoms with Crippen LogP contribution in [0.1, 0.15) is 11.7 Å². The predicted molar refractivity (Wildman–Crippen MR) is 66.7 cm³/mol. The van der Waals surface area contributed by atoms with Crippen LogP contribution < -0.4 is 15.2 Å². The van der Waals surface area contributed by atoms with Gasteiger partial charge >= 0.3 is 5.97 Å². The van der Waals surface area contributed by atoms with E-state index in [0.29, 0.717) is 17.1 Å². The third kappa shape index (κ3) is 2.86. The molecule has 6 nitrogen and oxygen atoms in total. The van der Waals surface area contributed by atoms with Gasteiger partial charge in [-0.15, -0.1) is 0 Å². The Morgan fingerprint density at radius 3 is 3.00 bits per heavy atom. The molecular weight excluding hydrogens is 250 g/mol. The van der Waals surface area contributed by atoms with Crippen molar-refractivity contribution in [3.63, 3.8) is 0 Å². The maximum absolute atomic E-state index is 11.5. The predicted octanol–water partition coefficient (Wildman–Crippen LogP) is 0.505. The zero-order valence-electron chi connectivity index (χ0n) is 10.2. The maximum atomic E-state index is 11.5. The average Bonchev–Trinajstić information content (AvgIpc) is 2.90. The summed E-state index contributed by atoms with van der Waals surface area (Å²) in [5, 5.41) is 10.0. The molecule has 6 heteroatoms.